The second-order valence-electron chi connectivity index (χ2n) is 7.29. The molecule has 7 nitrogen and oxygen atoms in total. The first-order valence-electron chi connectivity index (χ1n) is 9.93. The van der Waals surface area contributed by atoms with Gasteiger partial charge in [-0.3, -0.25) is 9.59 Å². The topological polar surface area (TPSA) is 103 Å². The number of hydrogen-bond donors (Lipinski definition) is 2. The number of nitrogens with one attached hydrogen (secondary N) is 1. The van der Waals surface area contributed by atoms with Crippen molar-refractivity contribution in [2.75, 3.05) is 5.32 Å². The number of aromatic nitrogens is 3. The molecule has 0 aliphatic carbocycles. The van der Waals surface area contributed by atoms with Crippen molar-refractivity contribution in [3.63, 3.8) is 0 Å². The maximum atomic E-state index is 12.6. The largest absolute Gasteiger partial charge is 0.366 e. The fraction of sp³-hybridized carbons (Fsp3) is 0.0833. The molecule has 31 heavy (non-hydrogen) atoms. The van der Waals surface area contributed by atoms with Gasteiger partial charge in [0.25, 0.3) is 0 Å². The standard InChI is InChI=1S/C24H19N5O2/c25-23(31)15-9-11-16(12-10-15)26-21(30)13-14-29-20-8-4-1-5-17(20)22-24(29)28-19-7-3-2-6-18(19)27-22/h1-12H,13-14H2,(H2,25,31)(H,26,30). The molecule has 0 atom stereocenters. The molecular formula is C24H19N5O2. The van der Waals surface area contributed by atoms with Crippen molar-refractivity contribution in [3.05, 3.63) is 78.4 Å². The van der Waals surface area contributed by atoms with Gasteiger partial charge in [0.2, 0.25) is 11.8 Å². The number of carbonyl (C=O) groups is 2. The highest BCUT2D eigenvalue weighted by molar-refractivity contribution is 6.06. The van der Waals surface area contributed by atoms with Crippen LogP contribution in [0.2, 0.25) is 0 Å². The lowest BCUT2D eigenvalue weighted by atomic mass is 10.2. The molecule has 5 aromatic rings. The van der Waals surface area contributed by atoms with E-state index in [0.29, 0.717) is 17.8 Å². The zero-order valence-electron chi connectivity index (χ0n) is 16.6. The van der Waals surface area contributed by atoms with Crippen LogP contribution in [0.25, 0.3) is 33.1 Å². The summed E-state index contributed by atoms with van der Waals surface area (Å²) in [5, 5.41) is 3.87. The summed E-state index contributed by atoms with van der Waals surface area (Å²) < 4.78 is 2.04. The Bertz CT molecular complexity index is 1450. The lowest BCUT2D eigenvalue weighted by Gasteiger charge is -2.08. The number of nitrogens with two attached hydrogens (primary N) is 1. The third kappa shape index (κ3) is 3.46. The first-order valence-corrected chi connectivity index (χ1v) is 9.93. The Morgan fingerprint density at radius 2 is 1.55 bits per heavy atom. The molecule has 0 unspecified atom stereocenters. The fourth-order valence-corrected chi connectivity index (χ4v) is 3.76. The van der Waals surface area contributed by atoms with Gasteiger partial charge in [-0.05, 0) is 42.5 Å². The van der Waals surface area contributed by atoms with E-state index in [1.54, 1.807) is 24.3 Å². The van der Waals surface area contributed by atoms with Gasteiger partial charge < -0.3 is 15.6 Å². The lowest BCUT2D eigenvalue weighted by Crippen LogP contribution is -2.15. The van der Waals surface area contributed by atoms with Crippen LogP contribution in [0.15, 0.2) is 72.8 Å². The first kappa shape index (κ1) is 18.7. The molecule has 0 saturated heterocycles. The maximum absolute atomic E-state index is 12.6. The van der Waals surface area contributed by atoms with E-state index in [4.69, 9.17) is 15.7 Å². The number of fused-ring (bicyclic) bond motifs is 4. The number of anilines is 1. The van der Waals surface area contributed by atoms with Crippen molar-refractivity contribution >= 4 is 50.6 Å². The molecule has 7 heteroatoms. The molecule has 0 aliphatic heterocycles. The van der Waals surface area contributed by atoms with Gasteiger partial charge in [-0.25, -0.2) is 9.97 Å². The minimum atomic E-state index is -0.502. The van der Waals surface area contributed by atoms with Gasteiger partial charge >= 0.3 is 0 Å². The van der Waals surface area contributed by atoms with Gasteiger partial charge in [-0.1, -0.05) is 30.3 Å². The Morgan fingerprint density at radius 3 is 2.29 bits per heavy atom. The molecule has 0 saturated carbocycles. The van der Waals surface area contributed by atoms with E-state index in [2.05, 4.69) is 5.32 Å². The molecule has 0 bridgehead atoms. The number of nitrogens with zero attached hydrogens (tertiary/aromatic N) is 3. The Kier molecular flexibility index (Phi) is 4.55. The van der Waals surface area contributed by atoms with E-state index in [9.17, 15) is 9.59 Å². The second kappa shape index (κ2) is 7.53. The monoisotopic (exact) mass is 409 g/mol. The minimum absolute atomic E-state index is 0.133. The van der Waals surface area contributed by atoms with Gasteiger partial charge in [0.05, 0.1) is 16.6 Å². The summed E-state index contributed by atoms with van der Waals surface area (Å²) in [6, 6.07) is 22.3. The normalized spacial score (nSPS) is 11.2. The zero-order valence-corrected chi connectivity index (χ0v) is 16.6. The van der Waals surface area contributed by atoms with E-state index in [-0.39, 0.29) is 12.3 Å². The molecular weight excluding hydrogens is 390 g/mol. The zero-order chi connectivity index (χ0) is 21.4. The summed E-state index contributed by atoms with van der Waals surface area (Å²) in [6.45, 7) is 0.461. The van der Waals surface area contributed by atoms with Gasteiger partial charge in [0.1, 0.15) is 5.52 Å². The Hall–Kier alpha value is -4.26. The number of rotatable bonds is 5. The lowest BCUT2D eigenvalue weighted by molar-refractivity contribution is -0.116. The van der Waals surface area contributed by atoms with Crippen LogP contribution >= 0.6 is 0 Å². The summed E-state index contributed by atoms with van der Waals surface area (Å²) in [4.78, 5) is 33.4. The minimum Gasteiger partial charge on any atom is -0.366 e. The van der Waals surface area contributed by atoms with Gasteiger partial charge in [-0.2, -0.15) is 0 Å². The molecule has 0 aliphatic rings. The highest BCUT2D eigenvalue weighted by Crippen LogP contribution is 2.28. The quantitative estimate of drug-likeness (QED) is 0.460. The molecule has 2 amide bonds. The Morgan fingerprint density at radius 1 is 0.871 bits per heavy atom. The van der Waals surface area contributed by atoms with Crippen molar-refractivity contribution in [3.8, 4) is 0 Å². The number of hydrogen-bond acceptors (Lipinski definition) is 4. The van der Waals surface area contributed by atoms with Crippen LogP contribution in [0, 0.1) is 0 Å². The number of benzene rings is 3. The molecule has 0 radical (unpaired) electrons. The summed E-state index contributed by atoms with van der Waals surface area (Å²) in [5.41, 5.74) is 10.5. The van der Waals surface area contributed by atoms with E-state index in [1.807, 2.05) is 53.1 Å². The molecule has 3 N–H and O–H groups in total. The van der Waals surface area contributed by atoms with Crippen LogP contribution in [-0.2, 0) is 11.3 Å². The highest BCUT2D eigenvalue weighted by Gasteiger charge is 2.15. The predicted octanol–water partition coefficient (Wildman–Crippen LogP) is 3.87. The molecule has 0 spiro atoms. The van der Waals surface area contributed by atoms with E-state index in [1.165, 1.54) is 0 Å². The predicted molar refractivity (Wildman–Crippen MR) is 121 cm³/mol. The van der Waals surface area contributed by atoms with Crippen LogP contribution in [0.5, 0.6) is 0 Å². The number of amides is 2. The van der Waals surface area contributed by atoms with Crippen LogP contribution in [0.4, 0.5) is 5.69 Å². The van der Waals surface area contributed by atoms with E-state index < -0.39 is 5.91 Å². The number of carbonyl (C=O) groups excluding carboxylic acids is 2. The van der Waals surface area contributed by atoms with Crippen LogP contribution < -0.4 is 11.1 Å². The van der Waals surface area contributed by atoms with Crippen molar-refractivity contribution in [2.24, 2.45) is 5.73 Å². The summed E-state index contributed by atoms with van der Waals surface area (Å²) >= 11 is 0. The maximum Gasteiger partial charge on any atom is 0.248 e. The van der Waals surface area contributed by atoms with Gasteiger partial charge in [0, 0.05) is 29.6 Å². The molecule has 152 valence electrons. The van der Waals surface area contributed by atoms with Crippen LogP contribution in [-0.4, -0.2) is 26.3 Å². The van der Waals surface area contributed by atoms with Crippen molar-refractivity contribution < 1.29 is 9.59 Å². The van der Waals surface area contributed by atoms with Crippen LogP contribution in [0.3, 0.4) is 0 Å². The number of primary amides is 1. The molecule has 2 heterocycles. The SMILES string of the molecule is NC(=O)c1ccc(NC(=O)CCn2c3ccccc3c3nc4ccccc4nc32)cc1. The van der Waals surface area contributed by atoms with Crippen molar-refractivity contribution in [1.29, 1.82) is 0 Å². The molecule has 2 aromatic heterocycles. The summed E-state index contributed by atoms with van der Waals surface area (Å²) in [5.74, 6) is -0.635. The number of para-hydroxylation sites is 3. The molecule has 5 rings (SSSR count). The average Bonchev–Trinajstić information content (AvgIpc) is 3.09. The van der Waals surface area contributed by atoms with Crippen LogP contribution in [0.1, 0.15) is 16.8 Å². The van der Waals surface area contributed by atoms with Gasteiger partial charge in [-0.15, -0.1) is 0 Å². The van der Waals surface area contributed by atoms with E-state index >= 15 is 0 Å². The molecule has 0 fully saturated rings. The average molecular weight is 409 g/mol. The number of aryl methyl sites for hydroxylation is 1. The fourth-order valence-electron chi connectivity index (χ4n) is 3.76. The summed E-state index contributed by atoms with van der Waals surface area (Å²) in [7, 11) is 0. The Balaban J connectivity index is 1.44. The third-order valence-electron chi connectivity index (χ3n) is 5.27. The van der Waals surface area contributed by atoms with Gasteiger partial charge in [0.15, 0.2) is 5.65 Å². The Labute approximate surface area is 177 Å². The third-order valence-corrected chi connectivity index (χ3v) is 5.27. The van der Waals surface area contributed by atoms with Crippen molar-refractivity contribution in [2.45, 2.75) is 13.0 Å². The van der Waals surface area contributed by atoms with Crippen molar-refractivity contribution in [1.82, 2.24) is 14.5 Å². The summed E-state index contributed by atoms with van der Waals surface area (Å²) in [6.07, 6.45) is 0.264. The smallest absolute Gasteiger partial charge is 0.248 e. The first-order chi connectivity index (χ1) is 15.1. The molecule has 3 aromatic carbocycles. The highest BCUT2D eigenvalue weighted by atomic mass is 16.2. The van der Waals surface area contributed by atoms with E-state index in [0.717, 1.165) is 33.1 Å². The second-order valence-corrected chi connectivity index (χ2v) is 7.29.